The van der Waals surface area contributed by atoms with Gasteiger partial charge >= 0.3 is 0 Å². The molecule has 1 N–H and O–H groups in total. The van der Waals surface area contributed by atoms with Crippen LogP contribution in [0.15, 0.2) is 60.7 Å². The fourth-order valence-corrected chi connectivity index (χ4v) is 4.23. The maximum absolute atomic E-state index is 10.7. The van der Waals surface area contributed by atoms with E-state index in [1.54, 1.807) is 0 Å². The van der Waals surface area contributed by atoms with Crippen LogP contribution in [0.5, 0.6) is 0 Å². The number of carbonyl (C=O) groups excluding carboxylic acids is 1. The lowest BCUT2D eigenvalue weighted by Crippen LogP contribution is -2.49. The molecule has 3 nitrogen and oxygen atoms in total. The average molecular weight is 351 g/mol. The van der Waals surface area contributed by atoms with Crippen LogP contribution in [0.4, 0.5) is 0 Å². The quantitative estimate of drug-likeness (QED) is 0.577. The predicted molar refractivity (Wildman–Crippen MR) is 107 cm³/mol. The first kappa shape index (κ1) is 18.7. The van der Waals surface area contributed by atoms with E-state index in [2.05, 4.69) is 77.8 Å². The van der Waals surface area contributed by atoms with Crippen molar-refractivity contribution in [2.24, 2.45) is 5.92 Å². The van der Waals surface area contributed by atoms with Gasteiger partial charge in [-0.15, -0.1) is 0 Å². The van der Waals surface area contributed by atoms with E-state index in [1.807, 2.05) is 0 Å². The van der Waals surface area contributed by atoms with Gasteiger partial charge in [-0.1, -0.05) is 60.7 Å². The molecule has 1 atom stereocenters. The lowest BCUT2D eigenvalue weighted by Gasteiger charge is -2.46. The predicted octanol–water partition coefficient (Wildman–Crippen LogP) is 3.99. The fraction of sp³-hybridized carbons (Fsp3) is 0.435. The number of carbonyl (C=O) groups is 1. The Kier molecular flexibility index (Phi) is 6.45. The van der Waals surface area contributed by atoms with Crippen molar-refractivity contribution in [3.05, 3.63) is 71.8 Å². The van der Waals surface area contributed by atoms with E-state index >= 15 is 0 Å². The Hall–Kier alpha value is -2.13. The summed E-state index contributed by atoms with van der Waals surface area (Å²) in [6.45, 7) is 5.26. The molecule has 1 amide bonds. The highest BCUT2D eigenvalue weighted by molar-refractivity contribution is 5.45. The molecule has 138 valence electrons. The minimum Gasteiger partial charge on any atom is -0.359 e. The molecule has 3 heteroatoms. The third-order valence-electron chi connectivity index (χ3n) is 5.91. The van der Waals surface area contributed by atoms with E-state index in [0.29, 0.717) is 6.54 Å². The third-order valence-corrected chi connectivity index (χ3v) is 5.91. The second-order valence-electron chi connectivity index (χ2n) is 7.58. The summed E-state index contributed by atoms with van der Waals surface area (Å²) in [5.41, 5.74) is 2.76. The van der Waals surface area contributed by atoms with E-state index in [1.165, 1.54) is 30.4 Å². The van der Waals surface area contributed by atoms with Gasteiger partial charge in [-0.05, 0) is 62.7 Å². The van der Waals surface area contributed by atoms with Crippen LogP contribution < -0.4 is 5.32 Å². The van der Waals surface area contributed by atoms with Gasteiger partial charge in [-0.2, -0.15) is 0 Å². The molecule has 26 heavy (non-hydrogen) atoms. The fourth-order valence-electron chi connectivity index (χ4n) is 4.23. The summed E-state index contributed by atoms with van der Waals surface area (Å²) in [5, 5.41) is 2.85. The zero-order valence-corrected chi connectivity index (χ0v) is 15.7. The Morgan fingerprint density at radius 3 is 2.27 bits per heavy atom. The first-order valence-electron chi connectivity index (χ1n) is 9.74. The summed E-state index contributed by atoms with van der Waals surface area (Å²) in [6.07, 6.45) is 5.39. The summed E-state index contributed by atoms with van der Waals surface area (Å²) in [4.78, 5) is 13.3. The van der Waals surface area contributed by atoms with Gasteiger partial charge in [0.1, 0.15) is 0 Å². The number of amides is 1. The van der Waals surface area contributed by atoms with Gasteiger partial charge in [-0.3, -0.25) is 9.69 Å². The van der Waals surface area contributed by atoms with E-state index in [4.69, 9.17) is 0 Å². The standard InChI is InChI=1S/C23H30N2O/c1-23(14-15-24-19-26,22-10-6-3-7-11-22)25-16-12-21(13-17-25)18-20-8-4-2-5-9-20/h2-11,19,21H,12-18H2,1H3,(H,24,26). The minimum absolute atomic E-state index is 0.0328. The highest BCUT2D eigenvalue weighted by atomic mass is 16.1. The van der Waals surface area contributed by atoms with Gasteiger partial charge in [0.2, 0.25) is 6.41 Å². The third kappa shape index (κ3) is 4.53. The van der Waals surface area contributed by atoms with Crippen LogP contribution in [-0.4, -0.2) is 30.9 Å². The summed E-state index contributed by atoms with van der Waals surface area (Å²) in [5.74, 6) is 0.766. The van der Waals surface area contributed by atoms with Crippen molar-refractivity contribution in [3.63, 3.8) is 0 Å². The molecule has 2 aromatic rings. The molecule has 0 aliphatic carbocycles. The minimum atomic E-state index is -0.0328. The van der Waals surface area contributed by atoms with E-state index in [0.717, 1.165) is 31.8 Å². The van der Waals surface area contributed by atoms with Crippen LogP contribution in [-0.2, 0) is 16.8 Å². The second kappa shape index (κ2) is 9.00. The first-order chi connectivity index (χ1) is 12.7. The molecule has 1 fully saturated rings. The van der Waals surface area contributed by atoms with Gasteiger partial charge in [0, 0.05) is 12.1 Å². The maximum Gasteiger partial charge on any atom is 0.207 e. The van der Waals surface area contributed by atoms with Crippen molar-refractivity contribution < 1.29 is 4.79 Å². The zero-order chi connectivity index (χ0) is 18.2. The second-order valence-corrected chi connectivity index (χ2v) is 7.58. The molecular formula is C23H30N2O. The van der Waals surface area contributed by atoms with Crippen molar-refractivity contribution in [1.29, 1.82) is 0 Å². The number of nitrogens with zero attached hydrogens (tertiary/aromatic N) is 1. The van der Waals surface area contributed by atoms with Gasteiger partial charge in [0.15, 0.2) is 0 Å². The smallest absolute Gasteiger partial charge is 0.207 e. The van der Waals surface area contributed by atoms with Crippen molar-refractivity contribution in [2.45, 2.75) is 38.1 Å². The number of piperidine rings is 1. The Morgan fingerprint density at radius 1 is 1.04 bits per heavy atom. The van der Waals surface area contributed by atoms with E-state index < -0.39 is 0 Å². The molecule has 2 aromatic carbocycles. The van der Waals surface area contributed by atoms with Crippen LogP contribution >= 0.6 is 0 Å². The van der Waals surface area contributed by atoms with Crippen LogP contribution in [0.2, 0.25) is 0 Å². The van der Waals surface area contributed by atoms with Crippen molar-refractivity contribution >= 4 is 6.41 Å². The Bertz CT molecular complexity index is 665. The average Bonchev–Trinajstić information content (AvgIpc) is 2.70. The number of benzene rings is 2. The van der Waals surface area contributed by atoms with Gasteiger partial charge in [0.25, 0.3) is 0 Å². The molecule has 1 heterocycles. The summed E-state index contributed by atoms with van der Waals surface area (Å²) >= 11 is 0. The highest BCUT2D eigenvalue weighted by Gasteiger charge is 2.35. The number of nitrogens with one attached hydrogen (secondary N) is 1. The monoisotopic (exact) mass is 350 g/mol. The molecule has 0 aromatic heterocycles. The topological polar surface area (TPSA) is 32.3 Å². The molecule has 0 saturated carbocycles. The zero-order valence-electron chi connectivity index (χ0n) is 15.7. The van der Waals surface area contributed by atoms with E-state index in [-0.39, 0.29) is 5.54 Å². The lowest BCUT2D eigenvalue weighted by molar-refractivity contribution is -0.109. The molecule has 1 aliphatic heterocycles. The molecular weight excluding hydrogens is 320 g/mol. The van der Waals surface area contributed by atoms with Crippen LogP contribution in [0.25, 0.3) is 0 Å². The first-order valence-corrected chi connectivity index (χ1v) is 9.74. The number of likely N-dealkylation sites (tertiary alicyclic amines) is 1. The SMILES string of the molecule is CC(CCNC=O)(c1ccccc1)N1CCC(Cc2ccccc2)CC1. The van der Waals surface area contributed by atoms with Gasteiger partial charge in [0.05, 0.1) is 0 Å². The van der Waals surface area contributed by atoms with Crippen LogP contribution in [0.1, 0.15) is 37.3 Å². The van der Waals surface area contributed by atoms with Crippen molar-refractivity contribution in [2.75, 3.05) is 19.6 Å². The van der Waals surface area contributed by atoms with Crippen molar-refractivity contribution in [3.8, 4) is 0 Å². The molecule has 0 bridgehead atoms. The molecule has 1 aliphatic rings. The number of hydrogen-bond donors (Lipinski definition) is 1. The van der Waals surface area contributed by atoms with Crippen molar-refractivity contribution in [1.82, 2.24) is 10.2 Å². The van der Waals surface area contributed by atoms with Crippen LogP contribution in [0.3, 0.4) is 0 Å². The molecule has 1 saturated heterocycles. The summed E-state index contributed by atoms with van der Waals surface area (Å²) in [7, 11) is 0. The highest BCUT2D eigenvalue weighted by Crippen LogP contribution is 2.35. The molecule has 1 unspecified atom stereocenters. The number of hydrogen-bond acceptors (Lipinski definition) is 2. The normalized spacial score (nSPS) is 18.2. The molecule has 3 rings (SSSR count). The Balaban J connectivity index is 1.66. The van der Waals surface area contributed by atoms with Gasteiger partial charge < -0.3 is 5.32 Å². The van der Waals surface area contributed by atoms with Gasteiger partial charge in [-0.25, -0.2) is 0 Å². The maximum atomic E-state index is 10.7. The molecule has 0 spiro atoms. The van der Waals surface area contributed by atoms with E-state index in [9.17, 15) is 4.79 Å². The lowest BCUT2D eigenvalue weighted by atomic mass is 9.82. The largest absolute Gasteiger partial charge is 0.359 e. The Morgan fingerprint density at radius 2 is 1.65 bits per heavy atom. The van der Waals surface area contributed by atoms with Crippen LogP contribution in [0, 0.1) is 5.92 Å². The molecule has 0 radical (unpaired) electrons. The summed E-state index contributed by atoms with van der Waals surface area (Å²) in [6, 6.07) is 21.6. The Labute approximate surface area is 157 Å². The number of rotatable bonds is 8. The summed E-state index contributed by atoms with van der Waals surface area (Å²) < 4.78 is 0.